The van der Waals surface area contributed by atoms with Crippen molar-refractivity contribution >= 4 is 35.6 Å². The van der Waals surface area contributed by atoms with Crippen molar-refractivity contribution in [2.75, 3.05) is 31.5 Å². The number of nitrogens with one attached hydrogen (secondary N) is 2. The van der Waals surface area contributed by atoms with Crippen LogP contribution < -0.4 is 10.6 Å². The smallest absolute Gasteiger partial charge is 0.324 e. The van der Waals surface area contributed by atoms with Crippen molar-refractivity contribution in [3.63, 3.8) is 0 Å². The molecule has 0 radical (unpaired) electrons. The van der Waals surface area contributed by atoms with Crippen molar-refractivity contribution in [1.82, 2.24) is 10.2 Å². The summed E-state index contributed by atoms with van der Waals surface area (Å²) in [6.07, 6.45) is -4.48. The SMILES string of the molecule is C[C@@H]1CNCCN1CC(=O)Nc1cc(C(F)(F)F)ccc1Cl.Cl. The third-order valence-corrected chi connectivity index (χ3v) is 3.88. The van der Waals surface area contributed by atoms with Crippen LogP contribution in [0.2, 0.25) is 5.02 Å². The van der Waals surface area contributed by atoms with Crippen LogP contribution in [0.3, 0.4) is 0 Å². The van der Waals surface area contributed by atoms with Gasteiger partial charge in [0.25, 0.3) is 0 Å². The van der Waals surface area contributed by atoms with Gasteiger partial charge in [-0.05, 0) is 25.1 Å². The second kappa shape index (κ2) is 8.19. The van der Waals surface area contributed by atoms with Gasteiger partial charge in [-0.1, -0.05) is 11.6 Å². The molecule has 0 bridgehead atoms. The van der Waals surface area contributed by atoms with Gasteiger partial charge < -0.3 is 10.6 Å². The van der Waals surface area contributed by atoms with Crippen LogP contribution >= 0.6 is 24.0 Å². The molecule has 1 aliphatic heterocycles. The van der Waals surface area contributed by atoms with E-state index in [4.69, 9.17) is 11.6 Å². The molecule has 0 aromatic heterocycles. The third kappa shape index (κ3) is 5.53. The fourth-order valence-corrected chi connectivity index (χ4v) is 2.45. The second-order valence-corrected chi connectivity index (χ2v) is 5.67. The molecule has 2 rings (SSSR count). The summed E-state index contributed by atoms with van der Waals surface area (Å²) in [7, 11) is 0. The number of amides is 1. The lowest BCUT2D eigenvalue weighted by atomic mass is 10.2. The molecular formula is C14H18Cl2F3N3O. The Bertz CT molecular complexity index is 555. The Labute approximate surface area is 143 Å². The summed E-state index contributed by atoms with van der Waals surface area (Å²) in [6, 6.07) is 3.06. The molecule has 1 aromatic carbocycles. The molecule has 0 spiro atoms. The summed E-state index contributed by atoms with van der Waals surface area (Å²) in [4.78, 5) is 14.0. The van der Waals surface area contributed by atoms with E-state index in [9.17, 15) is 18.0 Å². The molecule has 0 aliphatic carbocycles. The van der Waals surface area contributed by atoms with Crippen LogP contribution in [0.25, 0.3) is 0 Å². The average molecular weight is 372 g/mol. The first-order valence-corrected chi connectivity index (χ1v) is 7.26. The number of halogens is 5. The number of hydrogen-bond donors (Lipinski definition) is 2. The molecule has 23 heavy (non-hydrogen) atoms. The van der Waals surface area contributed by atoms with Gasteiger partial charge in [-0.3, -0.25) is 9.69 Å². The standard InChI is InChI=1S/C14H17ClF3N3O.ClH/c1-9-7-19-4-5-21(9)8-13(22)20-12-6-10(14(16,17)18)2-3-11(12)15;/h2-3,6,9,19H,4-5,7-8H2,1H3,(H,20,22);1H/t9-;/m1./s1. The lowest BCUT2D eigenvalue weighted by molar-refractivity contribution is -0.137. The molecule has 1 aliphatic rings. The van der Waals surface area contributed by atoms with E-state index in [1.807, 2.05) is 11.8 Å². The van der Waals surface area contributed by atoms with Crippen LogP contribution in [0.5, 0.6) is 0 Å². The first-order chi connectivity index (χ1) is 10.3. The molecule has 4 nitrogen and oxygen atoms in total. The zero-order chi connectivity index (χ0) is 16.3. The number of anilines is 1. The molecule has 1 saturated heterocycles. The Morgan fingerprint density at radius 1 is 1.48 bits per heavy atom. The van der Waals surface area contributed by atoms with E-state index in [-0.39, 0.29) is 41.6 Å². The van der Waals surface area contributed by atoms with Crippen LogP contribution in [0, 0.1) is 0 Å². The predicted octanol–water partition coefficient (Wildman–Crippen LogP) is 3.01. The second-order valence-electron chi connectivity index (χ2n) is 5.26. The number of hydrogen-bond acceptors (Lipinski definition) is 3. The summed E-state index contributed by atoms with van der Waals surface area (Å²) in [5.74, 6) is -0.380. The van der Waals surface area contributed by atoms with Gasteiger partial charge in [0.1, 0.15) is 0 Å². The molecule has 9 heteroatoms. The molecule has 1 amide bonds. The topological polar surface area (TPSA) is 44.4 Å². The normalized spacial score (nSPS) is 19.1. The highest BCUT2D eigenvalue weighted by Gasteiger charge is 2.31. The fourth-order valence-electron chi connectivity index (χ4n) is 2.29. The Kier molecular flexibility index (Phi) is 7.13. The molecular weight excluding hydrogens is 354 g/mol. The van der Waals surface area contributed by atoms with Crippen LogP contribution in [0.15, 0.2) is 18.2 Å². The minimum Gasteiger partial charge on any atom is -0.324 e. The number of carbonyl (C=O) groups excluding carboxylic acids is 1. The van der Waals surface area contributed by atoms with Crippen molar-refractivity contribution < 1.29 is 18.0 Å². The van der Waals surface area contributed by atoms with Crippen molar-refractivity contribution in [2.24, 2.45) is 0 Å². The monoisotopic (exact) mass is 371 g/mol. The van der Waals surface area contributed by atoms with E-state index in [0.29, 0.717) is 6.54 Å². The first-order valence-electron chi connectivity index (χ1n) is 6.89. The highest BCUT2D eigenvalue weighted by Crippen LogP contribution is 2.33. The van der Waals surface area contributed by atoms with Gasteiger partial charge in [0.15, 0.2) is 0 Å². The average Bonchev–Trinajstić information content (AvgIpc) is 2.42. The summed E-state index contributed by atoms with van der Waals surface area (Å²) in [5.41, 5.74) is -0.869. The Morgan fingerprint density at radius 2 is 2.17 bits per heavy atom. The molecule has 1 atom stereocenters. The molecule has 130 valence electrons. The Hall–Kier alpha value is -1.02. The number of benzene rings is 1. The van der Waals surface area contributed by atoms with Gasteiger partial charge in [-0.15, -0.1) is 12.4 Å². The summed E-state index contributed by atoms with van der Waals surface area (Å²) < 4.78 is 38.1. The Balaban J connectivity index is 0.00000264. The molecule has 1 fully saturated rings. The highest BCUT2D eigenvalue weighted by atomic mass is 35.5. The van der Waals surface area contributed by atoms with E-state index in [2.05, 4.69) is 10.6 Å². The van der Waals surface area contributed by atoms with E-state index >= 15 is 0 Å². The number of piperazine rings is 1. The van der Waals surface area contributed by atoms with Crippen molar-refractivity contribution in [3.8, 4) is 0 Å². The van der Waals surface area contributed by atoms with E-state index in [1.54, 1.807) is 0 Å². The van der Waals surface area contributed by atoms with Gasteiger partial charge in [-0.2, -0.15) is 13.2 Å². The van der Waals surface area contributed by atoms with Gasteiger partial charge >= 0.3 is 6.18 Å². The summed E-state index contributed by atoms with van der Waals surface area (Å²) >= 11 is 5.86. The molecule has 1 heterocycles. The maximum absolute atomic E-state index is 12.7. The molecule has 1 aromatic rings. The van der Waals surface area contributed by atoms with Crippen molar-refractivity contribution in [3.05, 3.63) is 28.8 Å². The third-order valence-electron chi connectivity index (χ3n) is 3.55. The number of alkyl halides is 3. The quantitative estimate of drug-likeness (QED) is 0.858. The summed E-state index contributed by atoms with van der Waals surface area (Å²) in [5, 5.41) is 5.74. The largest absolute Gasteiger partial charge is 0.416 e. The van der Waals surface area contributed by atoms with Gasteiger partial charge in [0.05, 0.1) is 22.8 Å². The maximum atomic E-state index is 12.7. The van der Waals surface area contributed by atoms with Gasteiger partial charge in [0.2, 0.25) is 5.91 Å². The molecule has 0 saturated carbocycles. The first kappa shape index (κ1) is 20.0. The number of rotatable bonds is 3. The van der Waals surface area contributed by atoms with Crippen LogP contribution in [0.4, 0.5) is 18.9 Å². The van der Waals surface area contributed by atoms with Gasteiger partial charge in [0, 0.05) is 25.7 Å². The zero-order valence-corrected chi connectivity index (χ0v) is 14.0. The van der Waals surface area contributed by atoms with E-state index in [0.717, 1.165) is 31.3 Å². The highest BCUT2D eigenvalue weighted by molar-refractivity contribution is 6.33. The fraction of sp³-hybridized carbons (Fsp3) is 0.500. The lowest BCUT2D eigenvalue weighted by Gasteiger charge is -2.33. The minimum absolute atomic E-state index is 0. The molecule has 0 unspecified atom stereocenters. The van der Waals surface area contributed by atoms with E-state index in [1.165, 1.54) is 0 Å². The maximum Gasteiger partial charge on any atom is 0.416 e. The number of nitrogens with zero attached hydrogens (tertiary/aromatic N) is 1. The number of carbonyl (C=O) groups is 1. The minimum atomic E-state index is -4.48. The van der Waals surface area contributed by atoms with Crippen LogP contribution in [0.1, 0.15) is 12.5 Å². The van der Waals surface area contributed by atoms with Crippen LogP contribution in [-0.2, 0) is 11.0 Å². The Morgan fingerprint density at radius 3 is 2.78 bits per heavy atom. The lowest BCUT2D eigenvalue weighted by Crippen LogP contribution is -2.52. The van der Waals surface area contributed by atoms with Crippen LogP contribution in [-0.4, -0.2) is 43.0 Å². The predicted molar refractivity (Wildman–Crippen MR) is 86.2 cm³/mol. The summed E-state index contributed by atoms with van der Waals surface area (Å²) in [6.45, 7) is 4.37. The zero-order valence-electron chi connectivity index (χ0n) is 12.4. The van der Waals surface area contributed by atoms with Gasteiger partial charge in [-0.25, -0.2) is 0 Å². The molecule has 2 N–H and O–H groups in total. The van der Waals surface area contributed by atoms with Crippen molar-refractivity contribution in [1.29, 1.82) is 0 Å². The van der Waals surface area contributed by atoms with E-state index < -0.39 is 11.7 Å². The van der Waals surface area contributed by atoms with Crippen molar-refractivity contribution in [2.45, 2.75) is 19.1 Å².